The first-order valence-corrected chi connectivity index (χ1v) is 4.57. The number of aryl methyl sites for hydroxylation is 1. The number of para-hydroxylation sites is 1. The number of aromatic nitrogens is 1. The molecule has 0 bridgehead atoms. The van der Waals surface area contributed by atoms with Crippen molar-refractivity contribution < 1.29 is 5.48 Å². The number of hydrogen-bond donors (Lipinski definition) is 2. The summed E-state index contributed by atoms with van der Waals surface area (Å²) in [4.78, 5) is 3.06. The van der Waals surface area contributed by atoms with E-state index in [1.807, 2.05) is 24.3 Å². The molecule has 1 aromatic carbocycles. The van der Waals surface area contributed by atoms with Gasteiger partial charge in [-0.25, -0.2) is 0 Å². The summed E-state index contributed by atoms with van der Waals surface area (Å²) >= 11 is 0. The highest BCUT2D eigenvalue weighted by Gasteiger charge is 2.00. The van der Waals surface area contributed by atoms with E-state index in [0.717, 1.165) is 10.9 Å². The molecule has 2 atom stereocenters. The molecule has 0 aliphatic carbocycles. The number of benzene rings is 1. The van der Waals surface area contributed by atoms with Crippen molar-refractivity contribution >= 4 is 10.9 Å². The van der Waals surface area contributed by atoms with Gasteiger partial charge >= 0.3 is 0 Å². The lowest BCUT2D eigenvalue weighted by atomic mass is 10.1. The van der Waals surface area contributed by atoms with Crippen LogP contribution in [-0.2, 0) is 6.40 Å². The van der Waals surface area contributed by atoms with Gasteiger partial charge in [-0.3, -0.25) is 0 Å². The summed E-state index contributed by atoms with van der Waals surface area (Å²) < 4.78 is 30.7. The highest BCUT2D eigenvalue weighted by Crippen LogP contribution is 2.17. The van der Waals surface area contributed by atoms with E-state index in [0.29, 0.717) is 5.56 Å². The topological polar surface area (TPSA) is 27.8 Å². The first-order valence-electron chi connectivity index (χ1n) is 6.72. The van der Waals surface area contributed by atoms with Crippen LogP contribution in [0.5, 0.6) is 0 Å². The maximum atomic E-state index is 8.06. The Bertz CT molecular complexity index is 532. The first kappa shape index (κ1) is 5.56. The number of likely N-dealkylation sites (N-methyl/N-ethyl adjacent to an activating group) is 1. The Morgan fingerprint density at radius 1 is 1.43 bits per heavy atom. The molecular weight excluding hydrogens is 172 g/mol. The molecule has 74 valence electrons. The Hall–Kier alpha value is -1.28. The summed E-state index contributed by atoms with van der Waals surface area (Å²) in [6.07, 6.45) is 0.882. The molecule has 2 heteroatoms. The summed E-state index contributed by atoms with van der Waals surface area (Å²) in [5.41, 5.74) is 1.64. The molecule has 0 radical (unpaired) electrons. The van der Waals surface area contributed by atoms with Crippen molar-refractivity contribution in [3.63, 3.8) is 0 Å². The normalized spacial score (nSPS) is 20.6. The number of rotatable bonds is 4. The number of hydrogen-bond acceptors (Lipinski definition) is 1. The Labute approximate surface area is 90.0 Å². The van der Waals surface area contributed by atoms with Crippen LogP contribution in [0, 0.1) is 0 Å². The second-order valence-electron chi connectivity index (χ2n) is 3.02. The third-order valence-corrected chi connectivity index (χ3v) is 2.11. The first-order chi connectivity index (χ1) is 8.38. The minimum Gasteiger partial charge on any atom is -0.361 e. The molecule has 0 aliphatic heterocycles. The maximum Gasteiger partial charge on any atom is 0.0456 e. The van der Waals surface area contributed by atoms with Crippen LogP contribution in [0.3, 0.4) is 0 Å². The van der Waals surface area contributed by atoms with E-state index in [1.165, 1.54) is 6.92 Å². The van der Waals surface area contributed by atoms with Crippen molar-refractivity contribution in [3.05, 3.63) is 36.0 Å². The average Bonchev–Trinajstić information content (AvgIpc) is 2.69. The number of nitrogens with one attached hydrogen (secondary N) is 2. The summed E-state index contributed by atoms with van der Waals surface area (Å²) in [6.45, 7) is -1.32. The van der Waals surface area contributed by atoms with Crippen LogP contribution in [-0.4, -0.2) is 18.0 Å². The van der Waals surface area contributed by atoms with E-state index in [1.54, 1.807) is 6.20 Å². The van der Waals surface area contributed by atoms with E-state index >= 15 is 0 Å². The molecule has 2 rings (SSSR count). The largest absolute Gasteiger partial charge is 0.361 e. The van der Waals surface area contributed by atoms with Crippen LogP contribution in [0.2, 0.25) is 0 Å². The number of fused-ring (bicyclic) bond motifs is 1. The molecule has 2 nitrogen and oxygen atoms in total. The minimum absolute atomic E-state index is 0.711. The number of aromatic amines is 1. The van der Waals surface area contributed by atoms with Gasteiger partial charge in [-0.05, 0) is 31.0 Å². The lowest BCUT2D eigenvalue weighted by Crippen LogP contribution is -2.15. The monoisotopic (exact) mass is 192 g/mol. The van der Waals surface area contributed by atoms with Gasteiger partial charge in [0, 0.05) is 22.6 Å². The lowest BCUT2D eigenvalue weighted by Gasteiger charge is -1.99. The third-order valence-electron chi connectivity index (χ3n) is 2.11. The third kappa shape index (κ3) is 1.80. The van der Waals surface area contributed by atoms with Gasteiger partial charge in [0.05, 0.1) is 0 Å². The fraction of sp³-hybridized carbons (Fsp3) is 0.333. The minimum atomic E-state index is -1.65. The second kappa shape index (κ2) is 4.29. The van der Waals surface area contributed by atoms with Gasteiger partial charge in [-0.15, -0.1) is 0 Å². The van der Waals surface area contributed by atoms with Crippen LogP contribution >= 0.6 is 0 Å². The Morgan fingerprint density at radius 2 is 2.29 bits per heavy atom. The van der Waals surface area contributed by atoms with Crippen molar-refractivity contribution in [2.75, 3.05) is 13.0 Å². The number of H-pyrrole nitrogens is 1. The smallest absolute Gasteiger partial charge is 0.0456 e. The summed E-state index contributed by atoms with van der Waals surface area (Å²) in [5, 5.41) is 3.38. The van der Waals surface area contributed by atoms with Crippen LogP contribution in [0.15, 0.2) is 30.5 Å². The second-order valence-corrected chi connectivity index (χ2v) is 3.02. The maximum absolute atomic E-state index is 8.06. The molecule has 1 aromatic heterocycles. The molecule has 14 heavy (non-hydrogen) atoms. The van der Waals surface area contributed by atoms with Crippen molar-refractivity contribution in [2.45, 2.75) is 13.3 Å². The Kier molecular flexibility index (Phi) is 1.70. The van der Waals surface area contributed by atoms with Crippen LogP contribution in [0.4, 0.5) is 0 Å². The predicted molar refractivity (Wildman–Crippen MR) is 60.5 cm³/mol. The van der Waals surface area contributed by atoms with E-state index in [4.69, 9.17) is 5.48 Å². The fourth-order valence-electron chi connectivity index (χ4n) is 1.45. The van der Waals surface area contributed by atoms with Crippen LogP contribution in [0.25, 0.3) is 10.9 Å². The lowest BCUT2D eigenvalue weighted by molar-refractivity contribution is 0.718. The van der Waals surface area contributed by atoms with E-state index in [-0.39, 0.29) is 0 Å². The summed E-state index contributed by atoms with van der Waals surface area (Å²) in [6, 6.07) is 7.60. The standard InChI is InChI=1S/C12H16N2/c1-2-13-8-7-10-9-14-12-6-4-3-5-11(10)12/h3-6,9,13-14H,2,7-8H2,1H3/i2D2,7D,8D. The quantitative estimate of drug-likeness (QED) is 0.764. The molecule has 0 spiro atoms. The van der Waals surface area contributed by atoms with Gasteiger partial charge in [0.15, 0.2) is 0 Å². The molecule has 0 amide bonds. The van der Waals surface area contributed by atoms with Crippen molar-refractivity contribution in [1.29, 1.82) is 0 Å². The van der Waals surface area contributed by atoms with Crippen LogP contribution < -0.4 is 5.32 Å². The van der Waals surface area contributed by atoms with Gasteiger partial charge in [0.25, 0.3) is 0 Å². The van der Waals surface area contributed by atoms with E-state index < -0.39 is 19.4 Å². The van der Waals surface area contributed by atoms with Gasteiger partial charge in [-0.1, -0.05) is 25.1 Å². The molecule has 2 N–H and O–H groups in total. The van der Waals surface area contributed by atoms with Gasteiger partial charge < -0.3 is 10.3 Å². The summed E-state index contributed by atoms with van der Waals surface area (Å²) in [5.74, 6) is 0. The SMILES string of the molecule is [2H]C(NC([2H])([2H])C)C([2H])c1c[nH]c2ccccc12. The Balaban J connectivity index is 2.25. The van der Waals surface area contributed by atoms with Gasteiger partial charge in [-0.2, -0.15) is 0 Å². The average molecular weight is 192 g/mol. The van der Waals surface area contributed by atoms with Crippen molar-refractivity contribution in [2.24, 2.45) is 0 Å². The zero-order valence-electron chi connectivity index (χ0n) is 12.0. The Morgan fingerprint density at radius 3 is 3.14 bits per heavy atom. The molecule has 0 aliphatic rings. The molecule has 0 saturated heterocycles. The zero-order chi connectivity index (χ0) is 13.3. The highest BCUT2D eigenvalue weighted by molar-refractivity contribution is 5.83. The molecular formula is C12H16N2. The molecule has 2 aromatic rings. The molecule has 0 fully saturated rings. The van der Waals surface area contributed by atoms with E-state index in [2.05, 4.69) is 10.3 Å². The van der Waals surface area contributed by atoms with Crippen molar-refractivity contribution in [3.8, 4) is 0 Å². The molecule has 2 unspecified atom stereocenters. The van der Waals surface area contributed by atoms with Gasteiger partial charge in [0.1, 0.15) is 0 Å². The zero-order valence-corrected chi connectivity index (χ0v) is 8.04. The highest BCUT2D eigenvalue weighted by atomic mass is 14.8. The predicted octanol–water partition coefficient (Wildman–Crippen LogP) is 2.32. The summed E-state index contributed by atoms with van der Waals surface area (Å²) in [7, 11) is 0. The molecule has 0 saturated carbocycles. The molecule has 1 heterocycles. The van der Waals surface area contributed by atoms with Crippen molar-refractivity contribution in [1.82, 2.24) is 10.3 Å². The van der Waals surface area contributed by atoms with E-state index in [9.17, 15) is 0 Å². The van der Waals surface area contributed by atoms with Crippen LogP contribution in [0.1, 0.15) is 18.0 Å². The van der Waals surface area contributed by atoms with Gasteiger partial charge in [0.2, 0.25) is 0 Å². The fourth-order valence-corrected chi connectivity index (χ4v) is 1.45.